The number of nitrogens with zero attached hydrogens (tertiary/aromatic N) is 1. The SMILES string of the molecule is CC(NC(=O)C1CCN(C(=O)c2ccc(Cl)cc2)CC1)c1ccc(Cl)cc1Cl. The third-order valence-electron chi connectivity index (χ3n) is 5.03. The second-order valence-corrected chi connectivity index (χ2v) is 8.25. The second kappa shape index (κ2) is 9.17. The average Bonchev–Trinajstić information content (AvgIpc) is 2.68. The standard InChI is InChI=1S/C21H21Cl3N2O2/c1-13(18-7-6-17(23)12-19(18)24)25-20(27)14-8-10-26(11-9-14)21(28)15-2-4-16(22)5-3-15/h2-7,12-14H,8-11H2,1H3,(H,25,27). The van der Waals surface area contributed by atoms with Crippen LogP contribution in [0.3, 0.4) is 0 Å². The molecule has 1 N–H and O–H groups in total. The third kappa shape index (κ3) is 4.99. The molecule has 2 aromatic carbocycles. The van der Waals surface area contributed by atoms with E-state index in [1.54, 1.807) is 41.3 Å². The Morgan fingerprint density at radius 3 is 2.21 bits per heavy atom. The number of hydrogen-bond donors (Lipinski definition) is 1. The maximum Gasteiger partial charge on any atom is 0.253 e. The van der Waals surface area contributed by atoms with Crippen LogP contribution in [-0.2, 0) is 4.79 Å². The van der Waals surface area contributed by atoms with Gasteiger partial charge >= 0.3 is 0 Å². The first-order chi connectivity index (χ1) is 13.3. The van der Waals surface area contributed by atoms with Crippen LogP contribution < -0.4 is 5.32 Å². The van der Waals surface area contributed by atoms with Crippen LogP contribution in [0, 0.1) is 5.92 Å². The summed E-state index contributed by atoms with van der Waals surface area (Å²) in [6.45, 7) is 3.00. The first kappa shape index (κ1) is 21.0. The molecule has 0 radical (unpaired) electrons. The van der Waals surface area contributed by atoms with E-state index in [-0.39, 0.29) is 23.8 Å². The van der Waals surface area contributed by atoms with Gasteiger partial charge in [-0.25, -0.2) is 0 Å². The molecular formula is C21H21Cl3N2O2. The molecule has 28 heavy (non-hydrogen) atoms. The number of carbonyl (C=O) groups is 2. The lowest BCUT2D eigenvalue weighted by Crippen LogP contribution is -2.43. The summed E-state index contributed by atoms with van der Waals surface area (Å²) in [6.07, 6.45) is 1.26. The lowest BCUT2D eigenvalue weighted by Gasteiger charge is -2.32. The Labute approximate surface area is 179 Å². The zero-order valence-corrected chi connectivity index (χ0v) is 17.7. The molecule has 148 valence electrons. The van der Waals surface area contributed by atoms with Crippen molar-refractivity contribution in [3.05, 3.63) is 68.7 Å². The fourth-order valence-electron chi connectivity index (χ4n) is 3.38. The molecule has 1 saturated heterocycles. The monoisotopic (exact) mass is 438 g/mol. The molecule has 1 heterocycles. The van der Waals surface area contributed by atoms with E-state index < -0.39 is 0 Å². The van der Waals surface area contributed by atoms with Crippen molar-refractivity contribution < 1.29 is 9.59 Å². The highest BCUT2D eigenvalue weighted by Crippen LogP contribution is 2.27. The molecule has 0 spiro atoms. The molecule has 2 aromatic rings. The van der Waals surface area contributed by atoms with Crippen LogP contribution in [0.15, 0.2) is 42.5 Å². The predicted octanol–water partition coefficient (Wildman–Crippen LogP) is 5.38. The smallest absolute Gasteiger partial charge is 0.253 e. The minimum atomic E-state index is -0.217. The number of piperidine rings is 1. The molecular weight excluding hydrogens is 419 g/mol. The summed E-state index contributed by atoms with van der Waals surface area (Å²) in [5.41, 5.74) is 1.44. The van der Waals surface area contributed by atoms with Gasteiger partial charge in [0.1, 0.15) is 0 Å². The summed E-state index contributed by atoms with van der Waals surface area (Å²) >= 11 is 18.0. The number of hydrogen-bond acceptors (Lipinski definition) is 2. The average molecular weight is 440 g/mol. The van der Waals surface area contributed by atoms with Crippen LogP contribution >= 0.6 is 34.8 Å². The number of nitrogens with one attached hydrogen (secondary N) is 1. The van der Waals surface area contributed by atoms with Crippen molar-refractivity contribution in [3.8, 4) is 0 Å². The topological polar surface area (TPSA) is 49.4 Å². The predicted molar refractivity (Wildman–Crippen MR) is 113 cm³/mol. The van der Waals surface area contributed by atoms with Crippen LogP contribution in [-0.4, -0.2) is 29.8 Å². The summed E-state index contributed by atoms with van der Waals surface area (Å²) in [6, 6.07) is 11.9. The summed E-state index contributed by atoms with van der Waals surface area (Å²) in [5.74, 6) is -0.170. The van der Waals surface area contributed by atoms with E-state index in [1.807, 2.05) is 13.0 Å². The van der Waals surface area contributed by atoms with Crippen LogP contribution in [0.4, 0.5) is 0 Å². The van der Waals surface area contributed by atoms with Crippen molar-refractivity contribution >= 4 is 46.6 Å². The lowest BCUT2D eigenvalue weighted by atomic mass is 9.94. The van der Waals surface area contributed by atoms with Gasteiger partial charge < -0.3 is 10.2 Å². The molecule has 2 amide bonds. The van der Waals surface area contributed by atoms with Gasteiger partial charge in [-0.3, -0.25) is 9.59 Å². The Balaban J connectivity index is 1.54. The lowest BCUT2D eigenvalue weighted by molar-refractivity contribution is -0.126. The number of likely N-dealkylation sites (tertiary alicyclic amines) is 1. The van der Waals surface area contributed by atoms with Gasteiger partial charge in [-0.05, 0) is 61.7 Å². The highest BCUT2D eigenvalue weighted by molar-refractivity contribution is 6.35. The zero-order chi connectivity index (χ0) is 20.3. The van der Waals surface area contributed by atoms with Gasteiger partial charge in [0.2, 0.25) is 5.91 Å². The van der Waals surface area contributed by atoms with Crippen molar-refractivity contribution in [3.63, 3.8) is 0 Å². The maximum absolute atomic E-state index is 12.6. The maximum atomic E-state index is 12.6. The number of halogens is 3. The van der Waals surface area contributed by atoms with E-state index in [0.29, 0.717) is 46.6 Å². The molecule has 0 bridgehead atoms. The fraction of sp³-hybridized carbons (Fsp3) is 0.333. The van der Waals surface area contributed by atoms with Gasteiger partial charge in [0, 0.05) is 39.6 Å². The minimum Gasteiger partial charge on any atom is -0.349 e. The first-order valence-corrected chi connectivity index (χ1v) is 10.3. The Kier molecular flexibility index (Phi) is 6.86. The number of rotatable bonds is 4. The van der Waals surface area contributed by atoms with Crippen molar-refractivity contribution in [1.29, 1.82) is 0 Å². The second-order valence-electron chi connectivity index (χ2n) is 6.97. The van der Waals surface area contributed by atoms with Crippen LogP contribution in [0.1, 0.15) is 41.7 Å². The Bertz CT molecular complexity index is 862. The quantitative estimate of drug-likeness (QED) is 0.695. The number of amides is 2. The molecule has 4 nitrogen and oxygen atoms in total. The van der Waals surface area contributed by atoms with Crippen LogP contribution in [0.5, 0.6) is 0 Å². The Morgan fingerprint density at radius 1 is 1.00 bits per heavy atom. The van der Waals surface area contributed by atoms with Gasteiger partial charge in [0.25, 0.3) is 5.91 Å². The molecule has 0 aliphatic carbocycles. The van der Waals surface area contributed by atoms with E-state index in [4.69, 9.17) is 34.8 Å². The number of benzene rings is 2. The van der Waals surface area contributed by atoms with Gasteiger partial charge in [-0.2, -0.15) is 0 Å². The Hall–Kier alpha value is -1.75. The van der Waals surface area contributed by atoms with Crippen LogP contribution in [0.2, 0.25) is 15.1 Å². The van der Waals surface area contributed by atoms with Gasteiger partial charge in [0.15, 0.2) is 0 Å². The molecule has 0 aromatic heterocycles. The fourth-order valence-corrected chi connectivity index (χ4v) is 4.08. The molecule has 3 rings (SSSR count). The summed E-state index contributed by atoms with van der Waals surface area (Å²) in [4.78, 5) is 27.0. The molecule has 1 aliphatic heterocycles. The molecule has 1 fully saturated rings. The molecule has 0 saturated carbocycles. The van der Waals surface area contributed by atoms with Gasteiger partial charge in [-0.15, -0.1) is 0 Å². The normalized spacial score (nSPS) is 15.9. The van der Waals surface area contributed by atoms with E-state index in [1.165, 1.54) is 0 Å². The molecule has 1 unspecified atom stereocenters. The van der Waals surface area contributed by atoms with E-state index in [2.05, 4.69) is 5.32 Å². The third-order valence-corrected chi connectivity index (χ3v) is 5.85. The highest BCUT2D eigenvalue weighted by Gasteiger charge is 2.28. The van der Waals surface area contributed by atoms with E-state index in [9.17, 15) is 9.59 Å². The van der Waals surface area contributed by atoms with Gasteiger partial charge in [0.05, 0.1) is 6.04 Å². The summed E-state index contributed by atoms with van der Waals surface area (Å²) in [5, 5.41) is 4.71. The largest absolute Gasteiger partial charge is 0.349 e. The van der Waals surface area contributed by atoms with Crippen LogP contribution in [0.25, 0.3) is 0 Å². The number of carbonyl (C=O) groups excluding carboxylic acids is 2. The van der Waals surface area contributed by atoms with E-state index >= 15 is 0 Å². The summed E-state index contributed by atoms with van der Waals surface area (Å²) < 4.78 is 0. The highest BCUT2D eigenvalue weighted by atomic mass is 35.5. The summed E-state index contributed by atoms with van der Waals surface area (Å²) in [7, 11) is 0. The molecule has 7 heteroatoms. The zero-order valence-electron chi connectivity index (χ0n) is 15.4. The van der Waals surface area contributed by atoms with E-state index in [0.717, 1.165) is 5.56 Å². The Morgan fingerprint density at radius 2 is 1.61 bits per heavy atom. The van der Waals surface area contributed by atoms with Crippen molar-refractivity contribution in [2.24, 2.45) is 5.92 Å². The van der Waals surface area contributed by atoms with Gasteiger partial charge in [-0.1, -0.05) is 40.9 Å². The van der Waals surface area contributed by atoms with Crippen molar-refractivity contribution in [2.45, 2.75) is 25.8 Å². The molecule has 1 aliphatic rings. The van der Waals surface area contributed by atoms with Crippen molar-refractivity contribution in [2.75, 3.05) is 13.1 Å². The van der Waals surface area contributed by atoms with Crippen molar-refractivity contribution in [1.82, 2.24) is 10.2 Å². The molecule has 1 atom stereocenters. The minimum absolute atomic E-state index is 0.0166. The first-order valence-electron chi connectivity index (χ1n) is 9.15.